The molecule has 82 valence electrons. The molecule has 16 heavy (non-hydrogen) atoms. The van der Waals surface area contributed by atoms with Crippen LogP contribution in [-0.2, 0) is 16.1 Å². The predicted octanol–water partition coefficient (Wildman–Crippen LogP) is 1.60. The van der Waals surface area contributed by atoms with E-state index in [1.54, 1.807) is 11.9 Å². The lowest BCUT2D eigenvalue weighted by Crippen LogP contribution is -2.22. The number of benzene rings is 1. The largest absolute Gasteiger partial charge is 0.315 e. The number of likely N-dealkylation sites (N-methyl/N-ethyl adjacent to an activating group) is 1. The lowest BCUT2D eigenvalue weighted by Gasteiger charge is -2.09. The molecule has 0 radical (unpaired) electrons. The molecule has 0 saturated heterocycles. The Labute approximate surface area is 93.6 Å². The Morgan fingerprint density at radius 3 is 2.94 bits per heavy atom. The smallest absolute Gasteiger partial charge is 0.235 e. The summed E-state index contributed by atoms with van der Waals surface area (Å²) in [6.07, 6.45) is 1.51. The van der Waals surface area contributed by atoms with Crippen LogP contribution in [-0.4, -0.2) is 19.0 Å². The minimum atomic E-state index is -0.111. The van der Waals surface area contributed by atoms with E-state index >= 15 is 0 Å². The number of fused-ring (bicyclic) bond motifs is 1. The summed E-state index contributed by atoms with van der Waals surface area (Å²) in [5.41, 5.74) is 2.87. The first kappa shape index (κ1) is 10.6. The molecule has 0 N–H and O–H groups in total. The zero-order chi connectivity index (χ0) is 11.7. The second kappa shape index (κ2) is 3.91. The van der Waals surface area contributed by atoms with Gasteiger partial charge in [-0.1, -0.05) is 12.1 Å². The Hall–Kier alpha value is -1.93. The molecular formula is C12H12N2O2. The number of aliphatic imine (C=N–C) groups is 1. The van der Waals surface area contributed by atoms with Crippen molar-refractivity contribution in [2.24, 2.45) is 4.99 Å². The van der Waals surface area contributed by atoms with Crippen LogP contribution in [0.4, 0.5) is 5.69 Å². The number of anilines is 1. The highest BCUT2D eigenvalue weighted by Gasteiger charge is 2.31. The van der Waals surface area contributed by atoms with Gasteiger partial charge in [-0.3, -0.25) is 4.79 Å². The monoisotopic (exact) mass is 216 g/mol. The highest BCUT2D eigenvalue weighted by molar-refractivity contribution is 6.04. The summed E-state index contributed by atoms with van der Waals surface area (Å²) in [6.45, 7) is 2.21. The second-order valence-electron chi connectivity index (χ2n) is 3.92. The molecule has 1 heterocycles. The van der Waals surface area contributed by atoms with Crippen molar-refractivity contribution >= 4 is 17.7 Å². The number of nitrogens with zero attached hydrogens (tertiary/aromatic N) is 2. The first-order valence-electron chi connectivity index (χ1n) is 5.09. The van der Waals surface area contributed by atoms with Crippen LogP contribution in [0.25, 0.3) is 0 Å². The molecule has 2 rings (SSSR count). The summed E-state index contributed by atoms with van der Waals surface area (Å²) in [5, 5.41) is 0. The standard InChI is InChI=1S/C12H12N2O2/c1-8-10-5-9(6-13-7-15)3-4-11(10)14(2)12(8)16/h3-5,8H,6H2,1-2H3. The van der Waals surface area contributed by atoms with Crippen molar-refractivity contribution in [2.75, 3.05) is 11.9 Å². The molecule has 0 fully saturated rings. The third-order valence-electron chi connectivity index (χ3n) is 2.95. The van der Waals surface area contributed by atoms with Gasteiger partial charge < -0.3 is 4.90 Å². The van der Waals surface area contributed by atoms with Gasteiger partial charge in [-0.2, -0.15) is 0 Å². The van der Waals surface area contributed by atoms with Crippen molar-refractivity contribution in [2.45, 2.75) is 19.4 Å². The van der Waals surface area contributed by atoms with Crippen LogP contribution >= 0.6 is 0 Å². The minimum absolute atomic E-state index is 0.103. The molecular weight excluding hydrogens is 204 g/mol. The van der Waals surface area contributed by atoms with E-state index in [4.69, 9.17) is 0 Å². The van der Waals surface area contributed by atoms with Crippen molar-refractivity contribution in [1.82, 2.24) is 0 Å². The fourth-order valence-corrected chi connectivity index (χ4v) is 2.02. The Morgan fingerprint density at radius 1 is 1.50 bits per heavy atom. The molecule has 1 amide bonds. The number of hydrogen-bond donors (Lipinski definition) is 0. The van der Waals surface area contributed by atoms with Crippen LogP contribution in [0.2, 0.25) is 0 Å². The summed E-state index contributed by atoms with van der Waals surface area (Å²) in [7, 11) is 1.77. The highest BCUT2D eigenvalue weighted by atomic mass is 16.2. The fourth-order valence-electron chi connectivity index (χ4n) is 2.02. The average molecular weight is 216 g/mol. The van der Waals surface area contributed by atoms with Gasteiger partial charge in [-0.15, -0.1) is 0 Å². The van der Waals surface area contributed by atoms with E-state index in [0.717, 1.165) is 16.8 Å². The van der Waals surface area contributed by atoms with Gasteiger partial charge in [0.25, 0.3) is 0 Å². The quantitative estimate of drug-likeness (QED) is 0.557. The lowest BCUT2D eigenvalue weighted by atomic mass is 10.0. The first-order valence-corrected chi connectivity index (χ1v) is 5.09. The summed E-state index contributed by atoms with van der Waals surface area (Å²) in [6, 6.07) is 5.70. The topological polar surface area (TPSA) is 49.7 Å². The van der Waals surface area contributed by atoms with Crippen LogP contribution in [0.1, 0.15) is 24.0 Å². The number of rotatable bonds is 2. The average Bonchev–Trinajstić information content (AvgIpc) is 2.52. The molecule has 0 spiro atoms. The van der Waals surface area contributed by atoms with Gasteiger partial charge in [0, 0.05) is 12.7 Å². The van der Waals surface area contributed by atoms with E-state index in [1.807, 2.05) is 25.1 Å². The number of carbonyl (C=O) groups excluding carboxylic acids is 2. The maximum absolute atomic E-state index is 11.7. The van der Waals surface area contributed by atoms with Gasteiger partial charge in [0.05, 0.1) is 12.5 Å². The van der Waals surface area contributed by atoms with E-state index in [-0.39, 0.29) is 11.8 Å². The maximum Gasteiger partial charge on any atom is 0.235 e. The molecule has 0 aliphatic carbocycles. The molecule has 4 nitrogen and oxygen atoms in total. The zero-order valence-electron chi connectivity index (χ0n) is 9.23. The first-order chi connectivity index (χ1) is 7.65. The summed E-state index contributed by atoms with van der Waals surface area (Å²) in [4.78, 5) is 26.9. The number of hydrogen-bond acceptors (Lipinski definition) is 3. The van der Waals surface area contributed by atoms with Crippen molar-refractivity contribution in [3.8, 4) is 0 Å². The summed E-state index contributed by atoms with van der Waals surface area (Å²) < 4.78 is 0. The highest BCUT2D eigenvalue weighted by Crippen LogP contribution is 2.36. The zero-order valence-corrected chi connectivity index (χ0v) is 9.23. The Morgan fingerprint density at radius 2 is 2.25 bits per heavy atom. The molecule has 1 unspecified atom stereocenters. The molecule has 4 heteroatoms. The van der Waals surface area contributed by atoms with Gasteiger partial charge in [-0.05, 0) is 24.1 Å². The van der Waals surface area contributed by atoms with E-state index in [1.165, 1.54) is 6.08 Å². The number of carbonyl (C=O) groups is 1. The normalized spacial score (nSPS) is 18.2. The Balaban J connectivity index is 2.40. The van der Waals surface area contributed by atoms with Gasteiger partial charge in [-0.25, -0.2) is 9.79 Å². The van der Waals surface area contributed by atoms with Crippen LogP contribution in [0, 0.1) is 0 Å². The minimum Gasteiger partial charge on any atom is -0.315 e. The van der Waals surface area contributed by atoms with Crippen molar-refractivity contribution in [1.29, 1.82) is 0 Å². The molecule has 1 aromatic rings. The molecule has 1 aromatic carbocycles. The van der Waals surface area contributed by atoms with E-state index < -0.39 is 0 Å². The van der Waals surface area contributed by atoms with Gasteiger partial charge in [0.2, 0.25) is 12.0 Å². The fraction of sp³-hybridized carbons (Fsp3) is 0.333. The van der Waals surface area contributed by atoms with E-state index in [9.17, 15) is 9.59 Å². The van der Waals surface area contributed by atoms with Crippen LogP contribution < -0.4 is 4.90 Å². The van der Waals surface area contributed by atoms with Crippen molar-refractivity contribution in [3.05, 3.63) is 29.3 Å². The van der Waals surface area contributed by atoms with Gasteiger partial charge in [0.1, 0.15) is 0 Å². The third-order valence-corrected chi connectivity index (χ3v) is 2.95. The molecule has 1 aliphatic rings. The summed E-state index contributed by atoms with van der Waals surface area (Å²) in [5.74, 6) is -0.00815. The predicted molar refractivity (Wildman–Crippen MR) is 60.1 cm³/mol. The summed E-state index contributed by atoms with van der Waals surface area (Å²) >= 11 is 0. The van der Waals surface area contributed by atoms with E-state index in [2.05, 4.69) is 4.99 Å². The van der Waals surface area contributed by atoms with Crippen LogP contribution in [0.3, 0.4) is 0 Å². The second-order valence-corrected chi connectivity index (χ2v) is 3.92. The van der Waals surface area contributed by atoms with Gasteiger partial charge >= 0.3 is 0 Å². The third kappa shape index (κ3) is 1.53. The van der Waals surface area contributed by atoms with E-state index in [0.29, 0.717) is 6.54 Å². The Bertz CT molecular complexity index is 490. The van der Waals surface area contributed by atoms with Crippen LogP contribution in [0.5, 0.6) is 0 Å². The molecule has 1 aliphatic heterocycles. The van der Waals surface area contributed by atoms with Crippen molar-refractivity contribution in [3.63, 3.8) is 0 Å². The molecule has 0 saturated carbocycles. The SMILES string of the molecule is CC1C(=O)N(C)c2ccc(CN=C=O)cc21. The van der Waals surface area contributed by atoms with Crippen LogP contribution in [0.15, 0.2) is 23.2 Å². The van der Waals surface area contributed by atoms with Gasteiger partial charge in [0.15, 0.2) is 0 Å². The van der Waals surface area contributed by atoms with Crippen molar-refractivity contribution < 1.29 is 9.59 Å². The number of isocyanates is 1. The lowest BCUT2D eigenvalue weighted by molar-refractivity contribution is -0.118. The molecule has 0 aromatic heterocycles. The maximum atomic E-state index is 11.7. The number of amides is 1. The molecule has 1 atom stereocenters. The molecule has 0 bridgehead atoms. The Kier molecular flexibility index (Phi) is 2.59.